The zero-order chi connectivity index (χ0) is 15.2. The molecule has 1 rings (SSSR count). The van der Waals surface area contributed by atoms with E-state index in [9.17, 15) is 4.79 Å². The second-order valence-corrected chi connectivity index (χ2v) is 6.75. The van der Waals surface area contributed by atoms with Gasteiger partial charge in [0.15, 0.2) is 0 Å². The standard InChI is InChI=1S/C16H28N2O2/c1-12(16(2,3)20-15(18)19)4-5-13-6-8-14(9-7-13)10-11-17/h12-14H,4-10H2,1-3H3,(H2,18,19)/t12?,13-,14-. The van der Waals surface area contributed by atoms with Crippen molar-refractivity contribution >= 4 is 6.09 Å². The maximum Gasteiger partial charge on any atom is 0.405 e. The summed E-state index contributed by atoms with van der Waals surface area (Å²) in [6, 6.07) is 2.28. The summed E-state index contributed by atoms with van der Waals surface area (Å²) in [5.41, 5.74) is 4.62. The minimum absolute atomic E-state index is 0.298. The molecule has 4 nitrogen and oxygen atoms in total. The molecule has 1 unspecified atom stereocenters. The lowest BCUT2D eigenvalue weighted by Gasteiger charge is -2.33. The van der Waals surface area contributed by atoms with Crippen LogP contribution in [0.1, 0.15) is 65.7 Å². The molecule has 0 aliphatic heterocycles. The van der Waals surface area contributed by atoms with Crippen LogP contribution in [0.25, 0.3) is 0 Å². The monoisotopic (exact) mass is 280 g/mol. The SMILES string of the molecule is CC(CC[C@H]1CC[C@H](CC#N)CC1)C(C)(C)OC(N)=O. The molecule has 0 spiro atoms. The Kier molecular flexibility index (Phi) is 6.32. The van der Waals surface area contributed by atoms with Crippen LogP contribution in [0.15, 0.2) is 0 Å². The molecule has 0 bridgehead atoms. The van der Waals surface area contributed by atoms with Crippen molar-refractivity contribution in [3.8, 4) is 6.07 Å². The van der Waals surface area contributed by atoms with Crippen molar-refractivity contribution in [1.82, 2.24) is 0 Å². The molecule has 1 saturated carbocycles. The average molecular weight is 280 g/mol. The van der Waals surface area contributed by atoms with Crippen LogP contribution in [0.3, 0.4) is 0 Å². The van der Waals surface area contributed by atoms with Crippen LogP contribution in [0.4, 0.5) is 4.79 Å². The summed E-state index contributed by atoms with van der Waals surface area (Å²) in [6.07, 6.45) is 7.08. The molecule has 1 aliphatic carbocycles. The molecule has 2 N–H and O–H groups in total. The fraction of sp³-hybridized carbons (Fsp3) is 0.875. The summed E-state index contributed by atoms with van der Waals surface area (Å²) in [4.78, 5) is 10.9. The summed E-state index contributed by atoms with van der Waals surface area (Å²) >= 11 is 0. The number of nitriles is 1. The fourth-order valence-corrected chi connectivity index (χ4v) is 3.05. The van der Waals surface area contributed by atoms with Crippen molar-refractivity contribution in [2.75, 3.05) is 0 Å². The fourth-order valence-electron chi connectivity index (χ4n) is 3.05. The number of hydrogen-bond acceptors (Lipinski definition) is 3. The highest BCUT2D eigenvalue weighted by atomic mass is 16.6. The van der Waals surface area contributed by atoms with Crippen LogP contribution in [-0.2, 0) is 4.74 Å². The second kappa shape index (κ2) is 7.52. The maximum absolute atomic E-state index is 10.9. The zero-order valence-electron chi connectivity index (χ0n) is 13.0. The number of hydrogen-bond donors (Lipinski definition) is 1. The highest BCUT2D eigenvalue weighted by Crippen LogP contribution is 2.35. The molecule has 114 valence electrons. The van der Waals surface area contributed by atoms with Gasteiger partial charge in [0.2, 0.25) is 0 Å². The Morgan fingerprint density at radius 3 is 2.40 bits per heavy atom. The van der Waals surface area contributed by atoms with Crippen molar-refractivity contribution in [3.63, 3.8) is 0 Å². The van der Waals surface area contributed by atoms with Gasteiger partial charge < -0.3 is 10.5 Å². The molecule has 1 amide bonds. The van der Waals surface area contributed by atoms with E-state index in [-0.39, 0.29) is 0 Å². The van der Waals surface area contributed by atoms with Crippen molar-refractivity contribution < 1.29 is 9.53 Å². The Labute approximate surface area is 122 Å². The van der Waals surface area contributed by atoms with E-state index in [2.05, 4.69) is 13.0 Å². The van der Waals surface area contributed by atoms with E-state index in [4.69, 9.17) is 15.7 Å². The zero-order valence-corrected chi connectivity index (χ0v) is 13.0. The number of rotatable bonds is 6. The third kappa shape index (κ3) is 5.40. The van der Waals surface area contributed by atoms with Gasteiger partial charge in [0.25, 0.3) is 0 Å². The first-order chi connectivity index (χ1) is 9.35. The molecular weight excluding hydrogens is 252 g/mol. The van der Waals surface area contributed by atoms with Crippen LogP contribution in [0.2, 0.25) is 0 Å². The summed E-state index contributed by atoms with van der Waals surface area (Å²) < 4.78 is 5.19. The van der Waals surface area contributed by atoms with Crippen molar-refractivity contribution in [2.45, 2.75) is 71.3 Å². The Morgan fingerprint density at radius 2 is 1.90 bits per heavy atom. The van der Waals surface area contributed by atoms with Gasteiger partial charge in [0.05, 0.1) is 6.07 Å². The Morgan fingerprint density at radius 1 is 1.35 bits per heavy atom. The maximum atomic E-state index is 10.9. The molecule has 0 heterocycles. The van der Waals surface area contributed by atoms with Crippen LogP contribution in [0.5, 0.6) is 0 Å². The smallest absolute Gasteiger partial charge is 0.405 e. The molecule has 1 fully saturated rings. The molecular formula is C16H28N2O2. The van der Waals surface area contributed by atoms with E-state index in [1.54, 1.807) is 0 Å². The van der Waals surface area contributed by atoms with Gasteiger partial charge in [-0.25, -0.2) is 4.79 Å². The molecule has 0 aromatic heterocycles. The lowest BCUT2D eigenvalue weighted by molar-refractivity contribution is -0.000561. The topological polar surface area (TPSA) is 76.1 Å². The Bertz CT molecular complexity index is 352. The van der Waals surface area contributed by atoms with Crippen LogP contribution in [-0.4, -0.2) is 11.7 Å². The van der Waals surface area contributed by atoms with Gasteiger partial charge in [0.1, 0.15) is 5.60 Å². The molecule has 4 heteroatoms. The summed E-state index contributed by atoms with van der Waals surface area (Å²) in [7, 11) is 0. The largest absolute Gasteiger partial charge is 0.443 e. The van der Waals surface area contributed by atoms with Gasteiger partial charge in [-0.2, -0.15) is 5.26 Å². The van der Waals surface area contributed by atoms with E-state index >= 15 is 0 Å². The third-order valence-corrected chi connectivity index (χ3v) is 4.90. The van der Waals surface area contributed by atoms with E-state index in [1.807, 2.05) is 13.8 Å². The number of amides is 1. The highest BCUT2D eigenvalue weighted by Gasteiger charge is 2.30. The van der Waals surface area contributed by atoms with Gasteiger partial charge in [-0.15, -0.1) is 0 Å². The third-order valence-electron chi connectivity index (χ3n) is 4.90. The molecule has 1 atom stereocenters. The lowest BCUT2D eigenvalue weighted by atomic mass is 9.77. The first-order valence-electron chi connectivity index (χ1n) is 7.70. The predicted octanol–water partition coefficient (Wildman–Crippen LogP) is 4.00. The quantitative estimate of drug-likeness (QED) is 0.799. The van der Waals surface area contributed by atoms with Gasteiger partial charge in [0, 0.05) is 6.42 Å². The van der Waals surface area contributed by atoms with E-state index in [0.717, 1.165) is 12.3 Å². The summed E-state index contributed by atoms with van der Waals surface area (Å²) in [6.45, 7) is 5.96. The Balaban J connectivity index is 2.30. The number of ether oxygens (including phenoxy) is 1. The molecule has 0 aromatic carbocycles. The van der Waals surface area contributed by atoms with Crippen molar-refractivity contribution in [3.05, 3.63) is 0 Å². The number of nitrogens with zero attached hydrogens (tertiary/aromatic N) is 1. The molecule has 0 radical (unpaired) electrons. The molecule has 1 aliphatic rings. The lowest BCUT2D eigenvalue weighted by Crippen LogP contribution is -2.37. The van der Waals surface area contributed by atoms with E-state index < -0.39 is 11.7 Å². The average Bonchev–Trinajstić information content (AvgIpc) is 2.36. The number of carbonyl (C=O) groups is 1. The normalized spacial score (nSPS) is 24.7. The number of primary amides is 1. The first-order valence-corrected chi connectivity index (χ1v) is 7.70. The van der Waals surface area contributed by atoms with Crippen LogP contribution in [0, 0.1) is 29.1 Å². The molecule has 20 heavy (non-hydrogen) atoms. The van der Waals surface area contributed by atoms with Crippen LogP contribution < -0.4 is 5.73 Å². The molecule has 0 aromatic rings. The number of nitrogens with two attached hydrogens (primary N) is 1. The Hall–Kier alpha value is -1.24. The minimum Gasteiger partial charge on any atom is -0.443 e. The van der Waals surface area contributed by atoms with E-state index in [1.165, 1.54) is 32.1 Å². The first kappa shape index (κ1) is 16.8. The van der Waals surface area contributed by atoms with E-state index in [0.29, 0.717) is 18.3 Å². The second-order valence-electron chi connectivity index (χ2n) is 6.75. The summed E-state index contributed by atoms with van der Waals surface area (Å²) in [5.74, 6) is 1.67. The summed E-state index contributed by atoms with van der Waals surface area (Å²) in [5, 5.41) is 8.72. The van der Waals surface area contributed by atoms with Gasteiger partial charge >= 0.3 is 6.09 Å². The highest BCUT2D eigenvalue weighted by molar-refractivity contribution is 5.65. The van der Waals surface area contributed by atoms with Crippen LogP contribution >= 0.6 is 0 Å². The van der Waals surface area contributed by atoms with Crippen molar-refractivity contribution in [2.24, 2.45) is 23.5 Å². The van der Waals surface area contributed by atoms with Gasteiger partial charge in [-0.05, 0) is 50.9 Å². The van der Waals surface area contributed by atoms with Crippen molar-refractivity contribution in [1.29, 1.82) is 5.26 Å². The number of carbonyl (C=O) groups excluding carboxylic acids is 1. The molecule has 0 saturated heterocycles. The predicted molar refractivity (Wildman–Crippen MR) is 78.8 cm³/mol. The minimum atomic E-state index is -0.695. The van der Waals surface area contributed by atoms with Gasteiger partial charge in [-0.1, -0.05) is 26.2 Å². The van der Waals surface area contributed by atoms with Gasteiger partial charge in [-0.3, -0.25) is 0 Å².